The third-order valence-electron chi connectivity index (χ3n) is 4.41. The van der Waals surface area contributed by atoms with Crippen LogP contribution in [0.1, 0.15) is 47.8 Å². The van der Waals surface area contributed by atoms with E-state index in [1.165, 1.54) is 0 Å². The monoisotopic (exact) mass is 365 g/mol. The van der Waals surface area contributed by atoms with Crippen molar-refractivity contribution < 1.29 is 9.32 Å². The van der Waals surface area contributed by atoms with Crippen LogP contribution in [0.3, 0.4) is 0 Å². The van der Waals surface area contributed by atoms with Gasteiger partial charge >= 0.3 is 11.8 Å². The number of carbonyl (C=O) groups excluding carboxylic acids is 1. The van der Waals surface area contributed by atoms with Crippen molar-refractivity contribution in [2.24, 2.45) is 0 Å². The Hall–Kier alpha value is -3.36. The molecule has 0 saturated heterocycles. The summed E-state index contributed by atoms with van der Waals surface area (Å²) in [6.45, 7) is 0. The number of nitrogens with two attached hydrogens (primary N) is 1. The predicted molar refractivity (Wildman–Crippen MR) is 96.5 cm³/mol. The maximum atomic E-state index is 12.2. The number of nitrogen functional groups attached to an aromatic ring is 1. The Kier molecular flexibility index (Phi) is 4.73. The first-order valence-electron chi connectivity index (χ1n) is 8.86. The standard InChI is InChI=1S/C18H19N7O2/c19-18-22-13(10-11-6-2-1-3-7-11)21-14(24-18)15-23-17(27-25-15)16(26)20-12-8-4-5-9-12/h1-3,6-7,12H,4-5,8-10H2,(H,20,26)(H2,19,21,22,24). The molecule has 9 nitrogen and oxygen atoms in total. The zero-order valence-corrected chi connectivity index (χ0v) is 14.6. The van der Waals surface area contributed by atoms with Crippen molar-refractivity contribution in [2.75, 3.05) is 5.73 Å². The van der Waals surface area contributed by atoms with Gasteiger partial charge in [-0.1, -0.05) is 48.3 Å². The van der Waals surface area contributed by atoms with Gasteiger partial charge in [-0.15, -0.1) is 0 Å². The zero-order chi connectivity index (χ0) is 18.6. The highest BCUT2D eigenvalue weighted by molar-refractivity contribution is 5.90. The predicted octanol–water partition coefficient (Wildman–Crippen LogP) is 1.77. The van der Waals surface area contributed by atoms with Crippen LogP contribution in [0.2, 0.25) is 0 Å². The molecular weight excluding hydrogens is 346 g/mol. The van der Waals surface area contributed by atoms with Gasteiger partial charge in [-0.3, -0.25) is 4.79 Å². The van der Waals surface area contributed by atoms with Gasteiger partial charge in [-0.05, 0) is 18.4 Å². The highest BCUT2D eigenvalue weighted by Gasteiger charge is 2.23. The van der Waals surface area contributed by atoms with Gasteiger partial charge in [-0.2, -0.15) is 15.0 Å². The number of benzene rings is 1. The van der Waals surface area contributed by atoms with Gasteiger partial charge in [0.1, 0.15) is 5.82 Å². The second-order valence-corrected chi connectivity index (χ2v) is 6.47. The highest BCUT2D eigenvalue weighted by atomic mass is 16.5. The molecular formula is C18H19N7O2. The molecule has 1 aliphatic rings. The van der Waals surface area contributed by atoms with Crippen LogP contribution in [0.4, 0.5) is 5.95 Å². The molecule has 0 bridgehead atoms. The smallest absolute Gasteiger partial charge is 0.316 e. The maximum Gasteiger partial charge on any atom is 0.316 e. The van der Waals surface area contributed by atoms with E-state index in [1.54, 1.807) is 0 Å². The average Bonchev–Trinajstić information content (AvgIpc) is 3.34. The van der Waals surface area contributed by atoms with Crippen molar-refractivity contribution in [3.63, 3.8) is 0 Å². The molecule has 9 heteroatoms. The summed E-state index contributed by atoms with van der Waals surface area (Å²) in [5.41, 5.74) is 6.84. The Bertz CT molecular complexity index is 936. The van der Waals surface area contributed by atoms with Crippen molar-refractivity contribution in [3.05, 3.63) is 47.6 Å². The normalized spacial score (nSPS) is 14.4. The number of carbonyl (C=O) groups is 1. The van der Waals surface area contributed by atoms with E-state index < -0.39 is 0 Å². The van der Waals surface area contributed by atoms with Crippen molar-refractivity contribution in [3.8, 4) is 11.6 Å². The van der Waals surface area contributed by atoms with Gasteiger partial charge in [-0.25, -0.2) is 4.98 Å². The average molecular weight is 365 g/mol. The molecule has 1 saturated carbocycles. The summed E-state index contributed by atoms with van der Waals surface area (Å²) in [6, 6.07) is 9.93. The van der Waals surface area contributed by atoms with E-state index in [4.69, 9.17) is 10.3 Å². The molecule has 2 heterocycles. The number of anilines is 1. The lowest BCUT2D eigenvalue weighted by Gasteiger charge is -2.08. The fraction of sp³-hybridized carbons (Fsp3) is 0.333. The highest BCUT2D eigenvalue weighted by Crippen LogP contribution is 2.18. The van der Waals surface area contributed by atoms with E-state index >= 15 is 0 Å². The number of rotatable bonds is 5. The van der Waals surface area contributed by atoms with E-state index in [0.717, 1.165) is 31.2 Å². The first-order chi connectivity index (χ1) is 13.2. The lowest BCUT2D eigenvalue weighted by molar-refractivity contribution is 0.0893. The topological polar surface area (TPSA) is 133 Å². The van der Waals surface area contributed by atoms with Gasteiger partial charge in [0.15, 0.2) is 0 Å². The number of aromatic nitrogens is 5. The lowest BCUT2D eigenvalue weighted by Crippen LogP contribution is -2.32. The number of hydrogen-bond acceptors (Lipinski definition) is 8. The fourth-order valence-electron chi connectivity index (χ4n) is 3.12. The van der Waals surface area contributed by atoms with Gasteiger partial charge in [0.2, 0.25) is 17.6 Å². The third-order valence-corrected chi connectivity index (χ3v) is 4.41. The van der Waals surface area contributed by atoms with Crippen LogP contribution in [-0.2, 0) is 6.42 Å². The quantitative estimate of drug-likeness (QED) is 0.699. The van der Waals surface area contributed by atoms with Crippen LogP contribution in [0.15, 0.2) is 34.9 Å². The van der Waals surface area contributed by atoms with E-state index in [2.05, 4.69) is 30.4 Å². The van der Waals surface area contributed by atoms with Crippen LogP contribution in [0.25, 0.3) is 11.6 Å². The second-order valence-electron chi connectivity index (χ2n) is 6.47. The molecule has 0 spiro atoms. The minimum Gasteiger partial charge on any atom is -0.368 e. The molecule has 27 heavy (non-hydrogen) atoms. The Morgan fingerprint density at radius 3 is 2.63 bits per heavy atom. The van der Waals surface area contributed by atoms with Crippen LogP contribution in [0.5, 0.6) is 0 Å². The Morgan fingerprint density at radius 2 is 1.85 bits per heavy atom. The summed E-state index contributed by atoms with van der Waals surface area (Å²) in [5, 5.41) is 6.72. The molecule has 0 atom stereocenters. The largest absolute Gasteiger partial charge is 0.368 e. The zero-order valence-electron chi connectivity index (χ0n) is 14.6. The molecule has 4 rings (SSSR count). The van der Waals surface area contributed by atoms with Crippen molar-refractivity contribution >= 4 is 11.9 Å². The second kappa shape index (κ2) is 7.48. The summed E-state index contributed by atoms with van der Waals surface area (Å²) in [6.07, 6.45) is 4.68. The van der Waals surface area contributed by atoms with E-state index in [9.17, 15) is 4.79 Å². The van der Waals surface area contributed by atoms with Gasteiger partial charge in [0, 0.05) is 12.5 Å². The molecule has 1 fully saturated rings. The van der Waals surface area contributed by atoms with Crippen LogP contribution in [0, 0.1) is 0 Å². The Balaban J connectivity index is 1.53. The molecule has 0 unspecified atom stereocenters. The minimum atomic E-state index is -0.382. The number of amides is 1. The molecule has 0 radical (unpaired) electrons. The SMILES string of the molecule is Nc1nc(Cc2ccccc2)nc(-c2noc(C(=O)NC3CCCC3)n2)n1. The number of hydrogen-bond donors (Lipinski definition) is 2. The first-order valence-corrected chi connectivity index (χ1v) is 8.86. The maximum absolute atomic E-state index is 12.2. The molecule has 138 valence electrons. The minimum absolute atomic E-state index is 0.0627. The summed E-state index contributed by atoms with van der Waals surface area (Å²) in [7, 11) is 0. The fourth-order valence-corrected chi connectivity index (χ4v) is 3.12. The molecule has 3 N–H and O–H groups in total. The summed E-state index contributed by atoms with van der Waals surface area (Å²) < 4.78 is 5.07. The molecule has 1 aliphatic carbocycles. The Labute approximate surface area is 155 Å². The molecule has 0 aliphatic heterocycles. The van der Waals surface area contributed by atoms with E-state index in [-0.39, 0.29) is 35.4 Å². The third kappa shape index (κ3) is 4.08. The summed E-state index contributed by atoms with van der Waals surface area (Å²) in [4.78, 5) is 28.9. The van der Waals surface area contributed by atoms with Crippen LogP contribution in [-0.4, -0.2) is 37.0 Å². The molecule has 2 aromatic heterocycles. The van der Waals surface area contributed by atoms with E-state index in [0.29, 0.717) is 12.2 Å². The summed E-state index contributed by atoms with van der Waals surface area (Å²) in [5.74, 6) is 0.345. The van der Waals surface area contributed by atoms with Gasteiger partial charge in [0.25, 0.3) is 0 Å². The molecule has 1 aromatic carbocycles. The van der Waals surface area contributed by atoms with Crippen LogP contribution < -0.4 is 11.1 Å². The Morgan fingerprint density at radius 1 is 1.07 bits per heavy atom. The van der Waals surface area contributed by atoms with Crippen molar-refractivity contribution in [2.45, 2.75) is 38.1 Å². The van der Waals surface area contributed by atoms with Gasteiger partial charge < -0.3 is 15.6 Å². The van der Waals surface area contributed by atoms with Gasteiger partial charge in [0.05, 0.1) is 0 Å². The van der Waals surface area contributed by atoms with Crippen molar-refractivity contribution in [1.82, 2.24) is 30.4 Å². The number of nitrogens with one attached hydrogen (secondary N) is 1. The summed E-state index contributed by atoms with van der Waals surface area (Å²) >= 11 is 0. The van der Waals surface area contributed by atoms with Crippen LogP contribution >= 0.6 is 0 Å². The first kappa shape index (κ1) is 17.1. The number of nitrogens with zero attached hydrogens (tertiary/aromatic N) is 5. The van der Waals surface area contributed by atoms with Crippen molar-refractivity contribution in [1.29, 1.82) is 0 Å². The molecule has 3 aromatic rings. The lowest BCUT2D eigenvalue weighted by atomic mass is 10.1. The molecule has 1 amide bonds. The van der Waals surface area contributed by atoms with E-state index in [1.807, 2.05) is 30.3 Å².